The van der Waals surface area contributed by atoms with Gasteiger partial charge in [-0.05, 0) is 66.1 Å². The molecule has 4 rings (SSSR count). The molecule has 0 spiro atoms. The van der Waals surface area contributed by atoms with E-state index in [4.69, 9.17) is 9.47 Å². The van der Waals surface area contributed by atoms with E-state index < -0.39 is 52.7 Å². The van der Waals surface area contributed by atoms with Crippen molar-refractivity contribution in [2.45, 2.75) is 30.3 Å². The molecule has 45 heavy (non-hydrogen) atoms. The third-order valence-corrected chi connectivity index (χ3v) is 9.36. The number of carbonyl (C=O) groups is 3. The number of hydrogen-bond donors (Lipinski definition) is 2. The lowest BCUT2D eigenvalue weighted by atomic mass is 10.1. The van der Waals surface area contributed by atoms with E-state index in [1.165, 1.54) is 72.6 Å². The number of hydrogen-bond acceptors (Lipinski definition) is 8. The number of sulfonamides is 1. The van der Waals surface area contributed by atoms with E-state index in [9.17, 15) is 32.4 Å². The van der Waals surface area contributed by atoms with Gasteiger partial charge in [0, 0.05) is 19.6 Å². The highest BCUT2D eigenvalue weighted by Crippen LogP contribution is 2.23. The van der Waals surface area contributed by atoms with E-state index >= 15 is 0 Å². The fraction of sp³-hybridized carbons (Fsp3) is 0.323. The Balaban J connectivity index is 1.58. The Hall–Kier alpha value is -4.53. The molecule has 1 fully saturated rings. The Kier molecular flexibility index (Phi) is 11.1. The number of carbonyl (C=O) groups excluding carboxylic acids is 3. The molecule has 3 aromatic rings. The van der Waals surface area contributed by atoms with Crippen LogP contribution in [0.15, 0.2) is 77.7 Å². The van der Waals surface area contributed by atoms with E-state index in [2.05, 4.69) is 0 Å². The number of benzene rings is 3. The molecule has 12 nitrogen and oxygen atoms in total. The summed E-state index contributed by atoms with van der Waals surface area (Å²) < 4.78 is 52.4. The van der Waals surface area contributed by atoms with E-state index in [0.717, 1.165) is 9.87 Å². The normalized spacial score (nSPS) is 15.2. The van der Waals surface area contributed by atoms with Crippen LogP contribution in [-0.2, 0) is 37.4 Å². The van der Waals surface area contributed by atoms with Crippen LogP contribution in [0.3, 0.4) is 0 Å². The number of nitrogens with zero attached hydrogens (tertiary/aromatic N) is 3. The lowest BCUT2D eigenvalue weighted by Gasteiger charge is -2.41. The van der Waals surface area contributed by atoms with Crippen molar-refractivity contribution >= 4 is 27.7 Å². The minimum Gasteiger partial charge on any atom is -0.497 e. The van der Waals surface area contributed by atoms with Crippen molar-refractivity contribution in [2.24, 2.45) is 0 Å². The summed E-state index contributed by atoms with van der Waals surface area (Å²) in [5.74, 6) is -1.24. The van der Waals surface area contributed by atoms with Crippen LogP contribution in [-0.4, -0.2) is 91.9 Å². The summed E-state index contributed by atoms with van der Waals surface area (Å²) in [5, 5.41) is 9.17. The molecule has 1 atom stereocenters. The van der Waals surface area contributed by atoms with Crippen LogP contribution in [0.1, 0.15) is 17.5 Å². The van der Waals surface area contributed by atoms with E-state index in [0.29, 0.717) is 17.1 Å². The molecule has 0 saturated carbocycles. The highest BCUT2D eigenvalue weighted by molar-refractivity contribution is 7.89. The average molecular weight is 643 g/mol. The third kappa shape index (κ3) is 8.56. The van der Waals surface area contributed by atoms with E-state index in [1.807, 2.05) is 0 Å². The summed E-state index contributed by atoms with van der Waals surface area (Å²) in [7, 11) is -1.20. The topological polar surface area (TPSA) is 146 Å². The van der Waals surface area contributed by atoms with Crippen LogP contribution in [0.4, 0.5) is 4.39 Å². The molecule has 1 aliphatic heterocycles. The van der Waals surface area contributed by atoms with Crippen molar-refractivity contribution in [3.05, 3.63) is 89.7 Å². The quantitative estimate of drug-likeness (QED) is 0.213. The first-order valence-electron chi connectivity index (χ1n) is 14.1. The van der Waals surface area contributed by atoms with Crippen molar-refractivity contribution < 1.29 is 41.9 Å². The third-order valence-electron chi connectivity index (χ3n) is 7.50. The number of hydroxylamine groups is 1. The minimum absolute atomic E-state index is 0.0535. The Morgan fingerprint density at radius 2 is 1.53 bits per heavy atom. The van der Waals surface area contributed by atoms with Gasteiger partial charge in [-0.25, -0.2) is 18.3 Å². The fourth-order valence-electron chi connectivity index (χ4n) is 4.99. The molecule has 1 unspecified atom stereocenters. The van der Waals surface area contributed by atoms with Gasteiger partial charge in [-0.1, -0.05) is 24.3 Å². The predicted molar refractivity (Wildman–Crippen MR) is 160 cm³/mol. The summed E-state index contributed by atoms with van der Waals surface area (Å²) >= 11 is 0. The zero-order valence-electron chi connectivity index (χ0n) is 24.9. The standard InChI is InChI=1S/C31H35FN4O8S/c1-43-26-9-5-22(6-10-26)15-16-35(45(41,42)28-13-11-27(44-2)12-14-28)20-31(39)36-21-30(38)34(19-25(36)17-29(37)33-40)18-23-3-7-24(32)8-4-23/h3-14,25,40H,15-21H2,1-2H3,(H,33,37). The molecule has 0 bridgehead atoms. The Labute approximate surface area is 260 Å². The number of amides is 3. The maximum Gasteiger partial charge on any atom is 0.245 e. The highest BCUT2D eigenvalue weighted by Gasteiger charge is 2.38. The van der Waals surface area contributed by atoms with Gasteiger partial charge >= 0.3 is 0 Å². The van der Waals surface area contributed by atoms with Crippen LogP contribution in [0.5, 0.6) is 11.5 Å². The molecule has 240 valence electrons. The molecule has 1 saturated heterocycles. The Morgan fingerprint density at radius 1 is 0.956 bits per heavy atom. The number of halogens is 1. The average Bonchev–Trinajstić information content (AvgIpc) is 3.05. The van der Waals surface area contributed by atoms with Crippen molar-refractivity contribution in [3.8, 4) is 11.5 Å². The summed E-state index contributed by atoms with van der Waals surface area (Å²) in [4.78, 5) is 41.7. The van der Waals surface area contributed by atoms with Crippen molar-refractivity contribution in [1.29, 1.82) is 0 Å². The lowest BCUT2D eigenvalue weighted by molar-refractivity contribution is -0.151. The van der Waals surface area contributed by atoms with Gasteiger partial charge in [0.05, 0.1) is 38.1 Å². The predicted octanol–water partition coefficient (Wildman–Crippen LogP) is 2.21. The first kappa shape index (κ1) is 33.4. The molecule has 2 N–H and O–H groups in total. The largest absolute Gasteiger partial charge is 0.497 e. The van der Waals surface area contributed by atoms with E-state index in [-0.39, 0.29) is 37.4 Å². The number of methoxy groups -OCH3 is 2. The molecule has 14 heteroatoms. The molecule has 3 aromatic carbocycles. The molecule has 1 aliphatic rings. The molecule has 3 amide bonds. The number of nitrogens with one attached hydrogen (secondary N) is 1. The second-order valence-corrected chi connectivity index (χ2v) is 12.4. The summed E-state index contributed by atoms with van der Waals surface area (Å²) in [5.41, 5.74) is 3.00. The van der Waals surface area contributed by atoms with Gasteiger partial charge in [-0.3, -0.25) is 19.6 Å². The van der Waals surface area contributed by atoms with Gasteiger partial charge in [-0.2, -0.15) is 4.31 Å². The second-order valence-electron chi connectivity index (χ2n) is 10.4. The minimum atomic E-state index is -4.20. The van der Waals surface area contributed by atoms with Gasteiger partial charge in [0.25, 0.3) is 0 Å². The fourth-order valence-corrected chi connectivity index (χ4v) is 6.38. The SMILES string of the molecule is COc1ccc(CCN(CC(=O)N2CC(=O)N(Cc3ccc(F)cc3)CC2CC(=O)NO)S(=O)(=O)c2ccc(OC)cc2)cc1. The van der Waals surface area contributed by atoms with Crippen molar-refractivity contribution in [3.63, 3.8) is 0 Å². The Bertz CT molecular complexity index is 1590. The zero-order valence-corrected chi connectivity index (χ0v) is 25.7. The summed E-state index contributed by atoms with van der Waals surface area (Å²) in [6.07, 6.45) is -0.0695. The maximum absolute atomic E-state index is 13.8. The molecule has 1 heterocycles. The van der Waals surface area contributed by atoms with Gasteiger partial charge in [0.2, 0.25) is 27.7 Å². The second kappa shape index (κ2) is 15.0. The molecular weight excluding hydrogens is 607 g/mol. The first-order chi connectivity index (χ1) is 21.5. The molecule has 0 aromatic heterocycles. The van der Waals surface area contributed by atoms with Crippen molar-refractivity contribution in [2.75, 3.05) is 40.4 Å². The molecular formula is C31H35FN4O8S. The Morgan fingerprint density at radius 3 is 2.11 bits per heavy atom. The van der Waals surface area contributed by atoms with Crippen LogP contribution >= 0.6 is 0 Å². The smallest absolute Gasteiger partial charge is 0.245 e. The zero-order chi connectivity index (χ0) is 32.6. The lowest BCUT2D eigenvalue weighted by Crippen LogP contribution is -2.60. The van der Waals surface area contributed by atoms with Crippen LogP contribution in [0.25, 0.3) is 0 Å². The number of ether oxygens (including phenoxy) is 2. The van der Waals surface area contributed by atoms with Crippen molar-refractivity contribution in [1.82, 2.24) is 19.6 Å². The number of rotatable bonds is 13. The van der Waals surface area contributed by atoms with E-state index in [1.54, 1.807) is 29.7 Å². The monoisotopic (exact) mass is 642 g/mol. The van der Waals surface area contributed by atoms with Gasteiger partial charge < -0.3 is 19.3 Å². The summed E-state index contributed by atoms with van der Waals surface area (Å²) in [6.45, 7) is -1.04. The summed E-state index contributed by atoms with van der Waals surface area (Å²) in [6, 6.07) is 17.6. The number of piperazine rings is 1. The highest BCUT2D eigenvalue weighted by atomic mass is 32.2. The first-order valence-corrected chi connectivity index (χ1v) is 15.5. The van der Waals surface area contributed by atoms with Crippen LogP contribution < -0.4 is 15.0 Å². The maximum atomic E-state index is 13.8. The molecule has 0 aliphatic carbocycles. The molecule has 0 radical (unpaired) electrons. The van der Waals surface area contributed by atoms with Gasteiger partial charge in [0.15, 0.2) is 0 Å². The van der Waals surface area contributed by atoms with Crippen LogP contribution in [0.2, 0.25) is 0 Å². The van der Waals surface area contributed by atoms with Gasteiger partial charge in [-0.15, -0.1) is 0 Å². The van der Waals surface area contributed by atoms with Gasteiger partial charge in [0.1, 0.15) is 23.9 Å². The van der Waals surface area contributed by atoms with Crippen LogP contribution in [0, 0.1) is 5.82 Å².